The number of amides is 2. The van der Waals surface area contributed by atoms with E-state index in [0.717, 1.165) is 5.56 Å². The van der Waals surface area contributed by atoms with Crippen molar-refractivity contribution < 1.29 is 24.2 Å². The zero-order valence-electron chi connectivity index (χ0n) is 17.1. The highest BCUT2D eigenvalue weighted by Crippen LogP contribution is 2.35. The fourth-order valence-electron chi connectivity index (χ4n) is 3.78. The summed E-state index contributed by atoms with van der Waals surface area (Å²) in [5, 5.41) is 16.7. The Kier molecular flexibility index (Phi) is 7.43. The van der Waals surface area contributed by atoms with Gasteiger partial charge in [-0.25, -0.2) is 0 Å². The molecule has 1 aliphatic rings. The minimum Gasteiger partial charge on any atom is -0.496 e. The third-order valence-corrected chi connectivity index (χ3v) is 5.53. The Morgan fingerprint density at radius 1 is 1.03 bits per heavy atom. The summed E-state index contributed by atoms with van der Waals surface area (Å²) in [5.74, 6) is -0.989. The molecule has 0 aliphatic carbocycles. The number of aliphatic hydroxyl groups is 1. The third-order valence-electron chi connectivity index (χ3n) is 5.53. The Labute approximate surface area is 176 Å². The van der Waals surface area contributed by atoms with E-state index in [1.54, 1.807) is 13.2 Å². The van der Waals surface area contributed by atoms with Crippen LogP contribution >= 0.6 is 0 Å². The summed E-state index contributed by atoms with van der Waals surface area (Å²) in [5.41, 5.74) is 0.208. The van der Waals surface area contributed by atoms with E-state index < -0.39 is 17.4 Å². The first-order valence-electron chi connectivity index (χ1n) is 10.1. The predicted molar refractivity (Wildman–Crippen MR) is 112 cm³/mol. The van der Waals surface area contributed by atoms with E-state index in [-0.39, 0.29) is 19.0 Å². The summed E-state index contributed by atoms with van der Waals surface area (Å²) in [6.45, 7) is 1.24. The fraction of sp³-hybridized carbons (Fsp3) is 0.391. The van der Waals surface area contributed by atoms with Crippen LogP contribution < -0.4 is 15.4 Å². The molecule has 1 atom stereocenters. The second-order valence-electron chi connectivity index (χ2n) is 7.35. The normalized spacial score (nSPS) is 16.3. The summed E-state index contributed by atoms with van der Waals surface area (Å²) in [6, 6.07) is 16.5. The number of ether oxygens (including phenoxy) is 2. The lowest BCUT2D eigenvalue weighted by atomic mass is 9.77. The van der Waals surface area contributed by atoms with Gasteiger partial charge in [0.2, 0.25) is 0 Å². The molecular weight excluding hydrogens is 384 g/mol. The first-order chi connectivity index (χ1) is 14.5. The van der Waals surface area contributed by atoms with Crippen LogP contribution in [0.5, 0.6) is 5.75 Å². The van der Waals surface area contributed by atoms with Crippen LogP contribution in [0.3, 0.4) is 0 Å². The molecule has 2 amide bonds. The molecular formula is C23H28N2O5. The van der Waals surface area contributed by atoms with Crippen molar-refractivity contribution in [3.63, 3.8) is 0 Å². The van der Waals surface area contributed by atoms with Crippen LogP contribution in [0.1, 0.15) is 24.0 Å². The van der Waals surface area contributed by atoms with Crippen LogP contribution in [0.15, 0.2) is 54.6 Å². The Balaban J connectivity index is 1.63. The number of para-hydroxylation sites is 1. The number of carbonyl (C=O) groups is 2. The van der Waals surface area contributed by atoms with Crippen molar-refractivity contribution in [1.29, 1.82) is 0 Å². The van der Waals surface area contributed by atoms with Gasteiger partial charge in [-0.3, -0.25) is 9.59 Å². The number of rotatable bonds is 7. The van der Waals surface area contributed by atoms with Gasteiger partial charge in [0.15, 0.2) is 0 Å². The average molecular weight is 412 g/mol. The molecule has 1 aliphatic heterocycles. The molecule has 2 aromatic carbocycles. The standard InChI is InChI=1S/C23H28N2O5/c1-29-20-10-6-5-7-17(20)15-24-21(26)22(27)25-16-23(28,18-8-3-2-4-9-18)19-11-13-30-14-12-19/h2-10,19,28H,11-16H2,1H3,(H,24,26)(H,25,27)/t23-/m1/s1. The number of carbonyl (C=O) groups excluding carboxylic acids is 2. The summed E-state index contributed by atoms with van der Waals surface area (Å²) >= 11 is 0. The number of methoxy groups -OCH3 is 1. The van der Waals surface area contributed by atoms with Gasteiger partial charge in [-0.2, -0.15) is 0 Å². The van der Waals surface area contributed by atoms with Crippen LogP contribution in [0, 0.1) is 5.92 Å². The molecule has 1 heterocycles. The lowest BCUT2D eigenvalue weighted by molar-refractivity contribution is -0.140. The van der Waals surface area contributed by atoms with Gasteiger partial charge < -0.3 is 25.2 Å². The van der Waals surface area contributed by atoms with Crippen LogP contribution in [0.2, 0.25) is 0 Å². The molecule has 7 heteroatoms. The molecule has 0 unspecified atom stereocenters. The molecule has 30 heavy (non-hydrogen) atoms. The molecule has 0 radical (unpaired) electrons. The van der Waals surface area contributed by atoms with E-state index in [1.807, 2.05) is 48.5 Å². The summed E-state index contributed by atoms with van der Waals surface area (Å²) in [6.07, 6.45) is 1.36. The number of hydrogen-bond donors (Lipinski definition) is 3. The molecule has 0 spiro atoms. The van der Waals surface area contributed by atoms with Crippen molar-refractivity contribution >= 4 is 11.8 Å². The minimum absolute atomic E-state index is 0.0530. The fourth-order valence-corrected chi connectivity index (χ4v) is 3.78. The number of nitrogens with one attached hydrogen (secondary N) is 2. The third kappa shape index (κ3) is 5.17. The highest BCUT2D eigenvalue weighted by molar-refractivity contribution is 6.35. The van der Waals surface area contributed by atoms with E-state index in [9.17, 15) is 14.7 Å². The monoisotopic (exact) mass is 412 g/mol. The zero-order valence-corrected chi connectivity index (χ0v) is 17.1. The van der Waals surface area contributed by atoms with Gasteiger partial charge in [-0.1, -0.05) is 48.5 Å². The first-order valence-corrected chi connectivity index (χ1v) is 10.1. The van der Waals surface area contributed by atoms with Gasteiger partial charge in [0.05, 0.1) is 13.7 Å². The Morgan fingerprint density at radius 3 is 2.37 bits per heavy atom. The Morgan fingerprint density at radius 2 is 1.67 bits per heavy atom. The second-order valence-corrected chi connectivity index (χ2v) is 7.35. The van der Waals surface area contributed by atoms with Crippen LogP contribution in [0.25, 0.3) is 0 Å². The highest BCUT2D eigenvalue weighted by atomic mass is 16.5. The topological polar surface area (TPSA) is 96.9 Å². The number of hydrogen-bond acceptors (Lipinski definition) is 5. The van der Waals surface area contributed by atoms with Gasteiger partial charge in [0.1, 0.15) is 11.4 Å². The maximum Gasteiger partial charge on any atom is 0.309 e. The largest absolute Gasteiger partial charge is 0.496 e. The van der Waals surface area contributed by atoms with Crippen molar-refractivity contribution in [3.05, 3.63) is 65.7 Å². The van der Waals surface area contributed by atoms with Gasteiger partial charge in [0.25, 0.3) is 0 Å². The first kappa shape index (κ1) is 21.8. The smallest absolute Gasteiger partial charge is 0.309 e. The molecule has 7 nitrogen and oxygen atoms in total. The summed E-state index contributed by atoms with van der Waals surface area (Å²) in [4.78, 5) is 24.7. The molecule has 0 bridgehead atoms. The minimum atomic E-state index is -1.27. The molecule has 0 aromatic heterocycles. The lowest BCUT2D eigenvalue weighted by Crippen LogP contribution is -2.50. The van der Waals surface area contributed by atoms with Crippen molar-refractivity contribution in [2.75, 3.05) is 26.9 Å². The average Bonchev–Trinajstić information content (AvgIpc) is 2.82. The van der Waals surface area contributed by atoms with E-state index in [1.165, 1.54) is 0 Å². The van der Waals surface area contributed by atoms with Crippen molar-refractivity contribution in [1.82, 2.24) is 10.6 Å². The summed E-state index contributed by atoms with van der Waals surface area (Å²) in [7, 11) is 1.55. The molecule has 3 rings (SSSR count). The van der Waals surface area contributed by atoms with Crippen LogP contribution in [-0.4, -0.2) is 43.8 Å². The molecule has 160 valence electrons. The molecule has 1 saturated heterocycles. The van der Waals surface area contributed by atoms with Crippen LogP contribution in [0.4, 0.5) is 0 Å². The maximum absolute atomic E-state index is 12.4. The quantitative estimate of drug-likeness (QED) is 0.602. The van der Waals surface area contributed by atoms with Crippen LogP contribution in [-0.2, 0) is 26.5 Å². The molecule has 0 saturated carbocycles. The van der Waals surface area contributed by atoms with Crippen molar-refractivity contribution in [2.45, 2.75) is 25.0 Å². The Bertz CT molecular complexity index is 852. The Hall–Kier alpha value is -2.90. The van der Waals surface area contributed by atoms with Gasteiger partial charge in [0, 0.05) is 25.3 Å². The van der Waals surface area contributed by atoms with Gasteiger partial charge in [-0.05, 0) is 30.4 Å². The van der Waals surface area contributed by atoms with E-state index in [0.29, 0.717) is 37.4 Å². The van der Waals surface area contributed by atoms with Gasteiger partial charge >= 0.3 is 11.8 Å². The van der Waals surface area contributed by atoms with E-state index in [4.69, 9.17) is 9.47 Å². The SMILES string of the molecule is COc1ccccc1CNC(=O)C(=O)NC[C@@](O)(c1ccccc1)C1CCOCC1. The highest BCUT2D eigenvalue weighted by Gasteiger charge is 2.39. The van der Waals surface area contributed by atoms with Gasteiger partial charge in [-0.15, -0.1) is 0 Å². The second kappa shape index (κ2) is 10.2. The number of benzene rings is 2. The predicted octanol–water partition coefficient (Wildman–Crippen LogP) is 1.74. The molecule has 3 N–H and O–H groups in total. The van der Waals surface area contributed by atoms with Crippen molar-refractivity contribution in [2.24, 2.45) is 5.92 Å². The van der Waals surface area contributed by atoms with E-state index >= 15 is 0 Å². The molecule has 2 aromatic rings. The maximum atomic E-state index is 12.4. The lowest BCUT2D eigenvalue weighted by Gasteiger charge is -2.39. The van der Waals surface area contributed by atoms with E-state index in [2.05, 4.69) is 10.6 Å². The van der Waals surface area contributed by atoms with Crippen molar-refractivity contribution in [3.8, 4) is 5.75 Å². The summed E-state index contributed by atoms with van der Waals surface area (Å²) < 4.78 is 10.7. The zero-order chi connectivity index (χ0) is 21.4. The molecule has 1 fully saturated rings.